The molecule has 3 aromatic rings. The van der Waals surface area contributed by atoms with Crippen LogP contribution in [-0.2, 0) is 31.3 Å². The summed E-state index contributed by atoms with van der Waals surface area (Å²) in [5.74, 6) is -0.220. The lowest BCUT2D eigenvalue weighted by atomic mass is 10.1. The Bertz CT molecular complexity index is 1160. The fraction of sp³-hybridized carbons (Fsp3) is 0.435. The molecule has 8 nitrogen and oxygen atoms in total. The van der Waals surface area contributed by atoms with Crippen molar-refractivity contribution in [2.24, 2.45) is 7.05 Å². The molecule has 0 radical (unpaired) electrons. The maximum Gasteiger partial charge on any atom is 0.279 e. The van der Waals surface area contributed by atoms with Gasteiger partial charge in [0.1, 0.15) is 5.56 Å². The fourth-order valence-electron chi connectivity index (χ4n) is 4.68. The summed E-state index contributed by atoms with van der Waals surface area (Å²) in [5.41, 5.74) is 3.80. The lowest BCUT2D eigenvalue weighted by molar-refractivity contribution is 0.0858. The van der Waals surface area contributed by atoms with Gasteiger partial charge in [-0.05, 0) is 18.4 Å². The third-order valence-electron chi connectivity index (χ3n) is 6.32. The molecule has 2 aromatic heterocycles. The lowest BCUT2D eigenvalue weighted by Crippen LogP contribution is -2.38. The second kappa shape index (κ2) is 8.28. The number of carbonyl (C=O) groups excluding carboxylic acids is 1. The highest BCUT2D eigenvalue weighted by molar-refractivity contribution is 5.99. The third-order valence-corrected chi connectivity index (χ3v) is 6.32. The predicted molar refractivity (Wildman–Crippen MR) is 116 cm³/mol. The smallest absolute Gasteiger partial charge is 0.279 e. The number of nitrogens with zero attached hydrogens (tertiary/aromatic N) is 4. The fourth-order valence-corrected chi connectivity index (χ4v) is 4.68. The zero-order valence-corrected chi connectivity index (χ0v) is 17.7. The van der Waals surface area contributed by atoms with Crippen molar-refractivity contribution in [2.75, 3.05) is 19.7 Å². The summed E-state index contributed by atoms with van der Waals surface area (Å²) in [6.45, 7) is 3.47. The van der Waals surface area contributed by atoms with Crippen LogP contribution in [0.2, 0.25) is 0 Å². The van der Waals surface area contributed by atoms with Gasteiger partial charge in [0.25, 0.3) is 11.5 Å². The highest BCUT2D eigenvalue weighted by Crippen LogP contribution is 2.21. The summed E-state index contributed by atoms with van der Waals surface area (Å²) in [7, 11) is 1.92. The quantitative estimate of drug-likeness (QED) is 0.675. The van der Waals surface area contributed by atoms with Gasteiger partial charge in [0.2, 0.25) is 0 Å². The minimum Gasteiger partial charge on any atom is -0.376 e. The van der Waals surface area contributed by atoms with E-state index in [1.165, 1.54) is 16.3 Å². The Kier molecular flexibility index (Phi) is 5.33. The molecule has 1 N–H and O–H groups in total. The van der Waals surface area contributed by atoms with Crippen LogP contribution in [0.3, 0.4) is 0 Å². The van der Waals surface area contributed by atoms with Crippen LogP contribution in [0.5, 0.6) is 0 Å². The van der Waals surface area contributed by atoms with E-state index in [0.717, 1.165) is 50.2 Å². The number of hydrogen-bond acceptors (Lipinski definition) is 5. The summed E-state index contributed by atoms with van der Waals surface area (Å²) >= 11 is 0. The molecular formula is C23H27N5O3. The summed E-state index contributed by atoms with van der Waals surface area (Å²) in [6.07, 6.45) is 4.30. The van der Waals surface area contributed by atoms with Gasteiger partial charge in [0, 0.05) is 51.9 Å². The van der Waals surface area contributed by atoms with Crippen LogP contribution >= 0.6 is 0 Å². The van der Waals surface area contributed by atoms with Crippen LogP contribution in [0.25, 0.3) is 5.65 Å². The molecule has 1 fully saturated rings. The number of nitrogens with one attached hydrogen (secondary N) is 1. The van der Waals surface area contributed by atoms with Gasteiger partial charge in [0.15, 0.2) is 5.65 Å². The lowest BCUT2D eigenvalue weighted by Gasteiger charge is -2.29. The molecule has 2 aliphatic heterocycles. The van der Waals surface area contributed by atoms with Crippen LogP contribution < -0.4 is 10.9 Å². The first kappa shape index (κ1) is 20.0. The maximum absolute atomic E-state index is 13.2. The molecule has 5 rings (SSSR count). The Balaban J connectivity index is 1.41. The van der Waals surface area contributed by atoms with E-state index >= 15 is 0 Å². The summed E-state index contributed by atoms with van der Waals surface area (Å²) in [6, 6.07) is 10.3. The van der Waals surface area contributed by atoms with E-state index in [1.807, 2.05) is 29.8 Å². The van der Waals surface area contributed by atoms with Crippen molar-refractivity contribution in [2.45, 2.75) is 38.5 Å². The topological polar surface area (TPSA) is 80.9 Å². The van der Waals surface area contributed by atoms with Crippen LogP contribution in [0.15, 0.2) is 41.3 Å². The number of carbonyl (C=O) groups is 1. The van der Waals surface area contributed by atoms with Gasteiger partial charge in [-0.25, -0.2) is 0 Å². The van der Waals surface area contributed by atoms with E-state index < -0.39 is 0 Å². The average molecular weight is 422 g/mol. The number of rotatable bonds is 5. The number of fused-ring (bicyclic) bond motifs is 2. The first-order valence-electron chi connectivity index (χ1n) is 10.9. The zero-order chi connectivity index (χ0) is 21.4. The number of hydrogen-bond donors (Lipinski definition) is 1. The maximum atomic E-state index is 13.2. The average Bonchev–Trinajstić information content (AvgIpc) is 3.47. The molecule has 1 aromatic carbocycles. The van der Waals surface area contributed by atoms with Crippen molar-refractivity contribution in [3.05, 3.63) is 69.3 Å². The molecule has 1 saturated heterocycles. The molecule has 0 saturated carbocycles. The molecule has 0 spiro atoms. The number of benzene rings is 1. The Morgan fingerprint density at radius 2 is 2.13 bits per heavy atom. The highest BCUT2D eigenvalue weighted by Gasteiger charge is 2.26. The highest BCUT2D eigenvalue weighted by atomic mass is 16.5. The minimum atomic E-state index is -0.220. The van der Waals surface area contributed by atoms with Crippen LogP contribution in [0, 0.1) is 0 Å². The summed E-state index contributed by atoms with van der Waals surface area (Å²) < 4.78 is 8.91. The number of aromatic nitrogens is 3. The Morgan fingerprint density at radius 1 is 1.29 bits per heavy atom. The first-order chi connectivity index (χ1) is 15.1. The number of ether oxygens (including phenoxy) is 1. The van der Waals surface area contributed by atoms with Gasteiger partial charge in [-0.15, -0.1) is 0 Å². The van der Waals surface area contributed by atoms with Crippen LogP contribution in [0.4, 0.5) is 0 Å². The minimum absolute atomic E-state index is 0.0676. The predicted octanol–water partition coefficient (Wildman–Crippen LogP) is 1.50. The van der Waals surface area contributed by atoms with Crippen molar-refractivity contribution < 1.29 is 9.53 Å². The molecule has 4 heterocycles. The van der Waals surface area contributed by atoms with Gasteiger partial charge < -0.3 is 14.6 Å². The van der Waals surface area contributed by atoms with Gasteiger partial charge in [-0.2, -0.15) is 9.61 Å². The van der Waals surface area contributed by atoms with Crippen molar-refractivity contribution >= 4 is 11.6 Å². The standard InChI is InChI=1S/C23H27N5O3/c1-26-20-9-10-27(14-16-6-3-2-4-7-16)15-19(20)23(30)28-22(26)18(13-25-28)21(29)24-12-17-8-5-11-31-17/h2-4,6-7,13,17H,5,8-12,14-15H2,1H3,(H,24,29)/t17-/m1/s1. The Hall–Kier alpha value is -2.97. The molecule has 1 amide bonds. The van der Waals surface area contributed by atoms with E-state index in [-0.39, 0.29) is 17.6 Å². The normalized spacial score (nSPS) is 18.9. The molecular weight excluding hydrogens is 394 g/mol. The number of aryl methyl sites for hydroxylation is 1. The monoisotopic (exact) mass is 421 g/mol. The van der Waals surface area contributed by atoms with Gasteiger partial charge in [0.05, 0.1) is 17.9 Å². The van der Waals surface area contributed by atoms with Gasteiger partial charge in [-0.3, -0.25) is 14.5 Å². The molecule has 0 unspecified atom stereocenters. The third kappa shape index (κ3) is 3.77. The van der Waals surface area contributed by atoms with E-state index in [1.54, 1.807) is 0 Å². The Labute approximate surface area is 180 Å². The zero-order valence-electron chi connectivity index (χ0n) is 17.7. The SMILES string of the molecule is Cn1c2c(c(=O)n3ncc(C(=O)NC[C@H]4CCCO4)c13)CN(Cc1ccccc1)CC2. The summed E-state index contributed by atoms with van der Waals surface area (Å²) in [5, 5.41) is 7.21. The molecule has 1 atom stereocenters. The van der Waals surface area contributed by atoms with Gasteiger partial charge >= 0.3 is 0 Å². The first-order valence-corrected chi connectivity index (χ1v) is 10.9. The molecule has 162 valence electrons. The van der Waals surface area contributed by atoms with Gasteiger partial charge in [-0.1, -0.05) is 30.3 Å². The molecule has 8 heteroatoms. The van der Waals surface area contributed by atoms with E-state index in [4.69, 9.17) is 4.74 Å². The Morgan fingerprint density at radius 3 is 2.90 bits per heavy atom. The van der Waals surface area contributed by atoms with E-state index in [0.29, 0.717) is 24.3 Å². The van der Waals surface area contributed by atoms with E-state index in [9.17, 15) is 9.59 Å². The molecule has 0 bridgehead atoms. The van der Waals surface area contributed by atoms with Crippen molar-refractivity contribution in [1.82, 2.24) is 24.4 Å². The molecule has 2 aliphatic rings. The van der Waals surface area contributed by atoms with Crippen molar-refractivity contribution in [3.8, 4) is 0 Å². The summed E-state index contributed by atoms with van der Waals surface area (Å²) in [4.78, 5) is 28.3. The molecule has 0 aliphatic carbocycles. The van der Waals surface area contributed by atoms with Crippen molar-refractivity contribution in [3.63, 3.8) is 0 Å². The second-order valence-corrected chi connectivity index (χ2v) is 8.37. The van der Waals surface area contributed by atoms with Crippen LogP contribution in [0.1, 0.15) is 40.0 Å². The van der Waals surface area contributed by atoms with Crippen molar-refractivity contribution in [1.29, 1.82) is 0 Å². The van der Waals surface area contributed by atoms with E-state index in [2.05, 4.69) is 27.4 Å². The van der Waals surface area contributed by atoms with Crippen LogP contribution in [-0.4, -0.2) is 50.8 Å². The second-order valence-electron chi connectivity index (χ2n) is 8.37. The number of amides is 1. The largest absolute Gasteiger partial charge is 0.376 e. The molecule has 31 heavy (non-hydrogen) atoms.